The van der Waals surface area contributed by atoms with Gasteiger partial charge in [-0.25, -0.2) is 12.8 Å². The number of aryl methyl sites for hydroxylation is 1. The molecule has 0 saturated heterocycles. The van der Waals surface area contributed by atoms with Crippen LogP contribution in [-0.4, -0.2) is 8.42 Å². The second-order valence-electron chi connectivity index (χ2n) is 4.14. The Hall–Kier alpha value is -1.11. The van der Waals surface area contributed by atoms with Crippen molar-refractivity contribution in [3.05, 3.63) is 57.3 Å². The molecule has 2 aromatic carbocycles. The third-order valence-corrected chi connectivity index (χ3v) is 5.33. The van der Waals surface area contributed by atoms with Gasteiger partial charge in [-0.1, -0.05) is 33.6 Å². The minimum Gasteiger partial charge on any atom is -0.280 e. The topological polar surface area (TPSA) is 46.2 Å². The van der Waals surface area contributed by atoms with Gasteiger partial charge in [-0.05, 0) is 42.8 Å². The molecule has 2 rings (SSSR count). The predicted molar refractivity (Wildman–Crippen MR) is 81.1 cm³/mol. The zero-order valence-corrected chi connectivity index (χ0v) is 13.5. The van der Waals surface area contributed by atoms with E-state index in [1.165, 1.54) is 0 Å². The number of rotatable bonds is 3. The molecule has 2 aromatic rings. The highest BCUT2D eigenvalue weighted by Crippen LogP contribution is 2.26. The highest BCUT2D eigenvalue weighted by molar-refractivity contribution is 9.10. The molecule has 1 N–H and O–H groups in total. The van der Waals surface area contributed by atoms with E-state index >= 15 is 0 Å². The number of anilines is 1. The van der Waals surface area contributed by atoms with Gasteiger partial charge in [0.2, 0.25) is 0 Å². The van der Waals surface area contributed by atoms with Crippen molar-refractivity contribution in [1.29, 1.82) is 0 Å². The minimum absolute atomic E-state index is 0.163. The van der Waals surface area contributed by atoms with Gasteiger partial charge in [-0.3, -0.25) is 4.72 Å². The summed E-state index contributed by atoms with van der Waals surface area (Å²) in [6, 6.07) is 8.18. The SMILES string of the molecule is Cc1ccc(NS(=O)(=O)c2ccc(F)cc2Cl)cc1Br. The van der Waals surface area contributed by atoms with Crippen molar-refractivity contribution in [2.24, 2.45) is 0 Å². The van der Waals surface area contributed by atoms with Crippen LogP contribution in [0.5, 0.6) is 0 Å². The average Bonchev–Trinajstić information content (AvgIpc) is 2.33. The molecule has 0 aromatic heterocycles. The lowest BCUT2D eigenvalue weighted by atomic mass is 10.2. The molecular formula is C13H10BrClFNO2S. The lowest BCUT2D eigenvalue weighted by Crippen LogP contribution is -2.13. The molecule has 0 fully saturated rings. The number of sulfonamides is 1. The zero-order valence-electron chi connectivity index (χ0n) is 10.3. The summed E-state index contributed by atoms with van der Waals surface area (Å²) in [5.41, 5.74) is 1.37. The molecule has 0 radical (unpaired) electrons. The fraction of sp³-hybridized carbons (Fsp3) is 0.0769. The molecule has 0 amide bonds. The van der Waals surface area contributed by atoms with Crippen LogP contribution in [0.25, 0.3) is 0 Å². The molecule has 7 heteroatoms. The summed E-state index contributed by atoms with van der Waals surface area (Å²) < 4.78 is 40.5. The Morgan fingerprint density at radius 2 is 1.90 bits per heavy atom. The van der Waals surface area contributed by atoms with E-state index in [9.17, 15) is 12.8 Å². The fourth-order valence-electron chi connectivity index (χ4n) is 1.56. The van der Waals surface area contributed by atoms with Gasteiger partial charge in [0, 0.05) is 10.2 Å². The van der Waals surface area contributed by atoms with E-state index in [-0.39, 0.29) is 9.92 Å². The number of halogens is 3. The Balaban J connectivity index is 2.38. The first-order chi connectivity index (χ1) is 9.29. The maximum atomic E-state index is 13.0. The molecule has 0 aliphatic rings. The number of hydrogen-bond donors (Lipinski definition) is 1. The number of hydrogen-bond acceptors (Lipinski definition) is 2. The summed E-state index contributed by atoms with van der Waals surface area (Å²) >= 11 is 9.09. The largest absolute Gasteiger partial charge is 0.280 e. The minimum atomic E-state index is -3.86. The quantitative estimate of drug-likeness (QED) is 0.863. The third kappa shape index (κ3) is 3.31. The summed E-state index contributed by atoms with van der Waals surface area (Å²) in [6.45, 7) is 1.89. The van der Waals surface area contributed by atoms with Gasteiger partial charge in [0.1, 0.15) is 10.7 Å². The molecule has 20 heavy (non-hydrogen) atoms. The lowest BCUT2D eigenvalue weighted by Gasteiger charge is -2.10. The van der Waals surface area contributed by atoms with E-state index in [2.05, 4.69) is 20.7 Å². The standard InChI is InChI=1S/C13H10BrClFNO2S/c1-8-2-4-10(7-11(8)14)17-20(18,19)13-5-3-9(16)6-12(13)15/h2-7,17H,1H3. The summed E-state index contributed by atoms with van der Waals surface area (Å²) in [7, 11) is -3.86. The first-order valence-electron chi connectivity index (χ1n) is 5.53. The van der Waals surface area contributed by atoms with Gasteiger partial charge in [0.15, 0.2) is 0 Å². The Labute approximate surface area is 130 Å². The van der Waals surface area contributed by atoms with E-state index in [0.717, 1.165) is 28.2 Å². The van der Waals surface area contributed by atoms with Crippen LogP contribution in [0.3, 0.4) is 0 Å². The van der Waals surface area contributed by atoms with Crippen molar-refractivity contribution in [1.82, 2.24) is 0 Å². The van der Waals surface area contributed by atoms with Gasteiger partial charge < -0.3 is 0 Å². The molecule has 0 saturated carbocycles. The van der Waals surface area contributed by atoms with Crippen LogP contribution in [0, 0.1) is 12.7 Å². The third-order valence-electron chi connectivity index (χ3n) is 2.61. The van der Waals surface area contributed by atoms with E-state index < -0.39 is 15.8 Å². The molecule has 3 nitrogen and oxygen atoms in total. The Morgan fingerprint density at radius 1 is 1.20 bits per heavy atom. The van der Waals surface area contributed by atoms with Crippen LogP contribution in [0.1, 0.15) is 5.56 Å². The van der Waals surface area contributed by atoms with Crippen LogP contribution in [0.4, 0.5) is 10.1 Å². The van der Waals surface area contributed by atoms with E-state index in [0.29, 0.717) is 5.69 Å². The summed E-state index contributed by atoms with van der Waals surface area (Å²) in [5.74, 6) is -0.591. The Bertz CT molecular complexity index is 765. The predicted octanol–water partition coefficient (Wildman–Crippen LogP) is 4.35. The van der Waals surface area contributed by atoms with E-state index in [1.54, 1.807) is 18.2 Å². The molecule has 0 unspecified atom stereocenters. The van der Waals surface area contributed by atoms with Gasteiger partial charge in [-0.15, -0.1) is 0 Å². The van der Waals surface area contributed by atoms with E-state index in [1.807, 2.05) is 6.92 Å². The van der Waals surface area contributed by atoms with Crippen molar-refractivity contribution in [3.63, 3.8) is 0 Å². The first kappa shape index (κ1) is 15.3. The molecule has 106 valence electrons. The summed E-state index contributed by atoms with van der Waals surface area (Å²) in [4.78, 5) is -0.169. The smallest absolute Gasteiger partial charge is 0.263 e. The highest BCUT2D eigenvalue weighted by Gasteiger charge is 2.18. The van der Waals surface area contributed by atoms with Crippen LogP contribution < -0.4 is 4.72 Å². The second kappa shape index (κ2) is 5.71. The van der Waals surface area contributed by atoms with Crippen LogP contribution in [0.15, 0.2) is 45.8 Å². The normalized spacial score (nSPS) is 11.4. The van der Waals surface area contributed by atoms with Crippen LogP contribution in [-0.2, 0) is 10.0 Å². The summed E-state index contributed by atoms with van der Waals surface area (Å²) in [5, 5.41) is -0.163. The van der Waals surface area contributed by atoms with Crippen molar-refractivity contribution in [2.75, 3.05) is 4.72 Å². The molecule has 0 aliphatic heterocycles. The highest BCUT2D eigenvalue weighted by atomic mass is 79.9. The van der Waals surface area contributed by atoms with Crippen molar-refractivity contribution >= 4 is 43.2 Å². The van der Waals surface area contributed by atoms with Crippen molar-refractivity contribution < 1.29 is 12.8 Å². The molecule has 0 atom stereocenters. The molecular weight excluding hydrogens is 369 g/mol. The second-order valence-corrected chi connectivity index (χ2v) is 7.06. The number of benzene rings is 2. The van der Waals surface area contributed by atoms with Gasteiger partial charge in [-0.2, -0.15) is 0 Å². The number of nitrogens with one attached hydrogen (secondary N) is 1. The Morgan fingerprint density at radius 3 is 2.50 bits per heavy atom. The van der Waals surface area contributed by atoms with Crippen molar-refractivity contribution in [2.45, 2.75) is 11.8 Å². The van der Waals surface area contributed by atoms with Gasteiger partial charge in [0.05, 0.1) is 5.02 Å². The Kier molecular flexibility index (Phi) is 4.36. The maximum absolute atomic E-state index is 13.0. The van der Waals surface area contributed by atoms with Gasteiger partial charge in [0.25, 0.3) is 10.0 Å². The average molecular weight is 379 g/mol. The molecule has 0 bridgehead atoms. The molecule has 0 heterocycles. The first-order valence-corrected chi connectivity index (χ1v) is 8.19. The monoisotopic (exact) mass is 377 g/mol. The maximum Gasteiger partial charge on any atom is 0.263 e. The van der Waals surface area contributed by atoms with E-state index in [4.69, 9.17) is 11.6 Å². The lowest BCUT2D eigenvalue weighted by molar-refractivity contribution is 0.600. The van der Waals surface area contributed by atoms with Gasteiger partial charge >= 0.3 is 0 Å². The fourth-order valence-corrected chi connectivity index (χ4v) is 3.52. The molecule has 0 spiro atoms. The summed E-state index contributed by atoms with van der Waals surface area (Å²) in [6.07, 6.45) is 0. The van der Waals surface area contributed by atoms with Crippen LogP contribution in [0.2, 0.25) is 5.02 Å². The zero-order chi connectivity index (χ0) is 14.9. The van der Waals surface area contributed by atoms with Crippen LogP contribution >= 0.6 is 27.5 Å². The van der Waals surface area contributed by atoms with Crippen molar-refractivity contribution in [3.8, 4) is 0 Å². The molecule has 0 aliphatic carbocycles.